The highest BCUT2D eigenvalue weighted by molar-refractivity contribution is 9.10. The van der Waals surface area contributed by atoms with Crippen molar-refractivity contribution in [1.82, 2.24) is 0 Å². The van der Waals surface area contributed by atoms with Crippen molar-refractivity contribution in [2.45, 2.75) is 89.7 Å². The molecular weight excluding hydrogens is 504 g/mol. The number of hydrogen-bond donors (Lipinski definition) is 1. The van der Waals surface area contributed by atoms with E-state index in [2.05, 4.69) is 35.0 Å². The molecule has 1 aromatic carbocycles. The van der Waals surface area contributed by atoms with Crippen LogP contribution in [-0.2, 0) is 27.6 Å². The van der Waals surface area contributed by atoms with E-state index in [4.69, 9.17) is 0 Å². The molecule has 0 saturated heterocycles. The monoisotopic (exact) mass is 544 g/mol. The van der Waals surface area contributed by atoms with Crippen LogP contribution in [0.3, 0.4) is 0 Å². The van der Waals surface area contributed by atoms with Gasteiger partial charge in [-0.05, 0) is 61.1 Å². The Hall–Kier alpha value is -0.560. The SMILES string of the molecule is CCCCCCCCC=CCCCCCC(C=CS(=O)Cc1ccc(Br)cc1)CS(=O)O. The first-order chi connectivity index (χ1) is 15.5. The molecule has 182 valence electrons. The van der Waals surface area contributed by atoms with Gasteiger partial charge in [0.2, 0.25) is 0 Å². The Balaban J connectivity index is 2.21. The largest absolute Gasteiger partial charge is 0.306 e. The van der Waals surface area contributed by atoms with E-state index < -0.39 is 21.9 Å². The summed E-state index contributed by atoms with van der Waals surface area (Å²) in [6.45, 7) is 2.25. The summed E-state index contributed by atoms with van der Waals surface area (Å²) in [4.78, 5) is 0. The van der Waals surface area contributed by atoms with E-state index >= 15 is 0 Å². The topological polar surface area (TPSA) is 54.4 Å². The third kappa shape index (κ3) is 17.0. The van der Waals surface area contributed by atoms with Gasteiger partial charge in [-0.15, -0.1) is 0 Å². The fraction of sp³-hybridized carbons (Fsp3) is 0.615. The lowest BCUT2D eigenvalue weighted by molar-refractivity contribution is 0.530. The fourth-order valence-corrected chi connectivity index (χ4v) is 5.46. The average molecular weight is 546 g/mol. The molecule has 0 aliphatic rings. The van der Waals surface area contributed by atoms with Gasteiger partial charge in [-0.2, -0.15) is 0 Å². The van der Waals surface area contributed by atoms with E-state index in [0.717, 1.165) is 42.1 Å². The molecule has 0 fully saturated rings. The average Bonchev–Trinajstić information content (AvgIpc) is 2.76. The minimum Gasteiger partial charge on any atom is -0.306 e. The van der Waals surface area contributed by atoms with E-state index in [0.29, 0.717) is 5.75 Å². The van der Waals surface area contributed by atoms with Gasteiger partial charge in [0.25, 0.3) is 0 Å². The van der Waals surface area contributed by atoms with Crippen LogP contribution in [0.25, 0.3) is 0 Å². The molecule has 1 aromatic rings. The summed E-state index contributed by atoms with van der Waals surface area (Å²) in [5.41, 5.74) is 1.02. The molecule has 6 heteroatoms. The summed E-state index contributed by atoms with van der Waals surface area (Å²) in [5, 5.41) is 1.70. The Bertz CT molecular complexity index is 702. The molecule has 0 aromatic heterocycles. The molecule has 32 heavy (non-hydrogen) atoms. The summed E-state index contributed by atoms with van der Waals surface area (Å²) in [7, 11) is -1.12. The predicted octanol–water partition coefficient (Wildman–Crippen LogP) is 8.31. The van der Waals surface area contributed by atoms with Crippen LogP contribution in [0.5, 0.6) is 0 Å². The second-order valence-corrected chi connectivity index (χ2v) is 11.6. The second kappa shape index (κ2) is 19.9. The highest BCUT2D eigenvalue weighted by Crippen LogP contribution is 2.16. The van der Waals surface area contributed by atoms with Crippen molar-refractivity contribution >= 4 is 37.8 Å². The molecule has 0 radical (unpaired) electrons. The zero-order chi connectivity index (χ0) is 23.4. The molecule has 1 N–H and O–H groups in total. The minimum absolute atomic E-state index is 0.00190. The van der Waals surface area contributed by atoms with Gasteiger partial charge in [0, 0.05) is 15.3 Å². The van der Waals surface area contributed by atoms with Gasteiger partial charge in [-0.25, -0.2) is 4.21 Å². The standard InChI is InChI=1S/C26H41BrO3S2/c1-2-3-4-5-6-7-8-9-10-11-12-13-14-15-24(23-32(29)30)20-21-31(28)22-25-16-18-26(27)19-17-25/h9-10,16-21,24H,2-8,11-15,22-23H2,1H3,(H,29,30). The third-order valence-corrected chi connectivity index (χ3v) is 7.74. The number of hydrogen-bond acceptors (Lipinski definition) is 2. The molecule has 0 spiro atoms. The predicted molar refractivity (Wildman–Crippen MR) is 144 cm³/mol. The Morgan fingerprint density at radius 3 is 2.12 bits per heavy atom. The van der Waals surface area contributed by atoms with Crippen LogP contribution >= 0.6 is 15.9 Å². The smallest absolute Gasteiger partial charge is 0.153 e. The van der Waals surface area contributed by atoms with E-state index in [9.17, 15) is 13.0 Å². The first-order valence-corrected chi connectivity index (χ1v) is 15.5. The van der Waals surface area contributed by atoms with Crippen LogP contribution in [0.2, 0.25) is 0 Å². The molecule has 0 heterocycles. The van der Waals surface area contributed by atoms with Crippen molar-refractivity contribution < 1.29 is 13.0 Å². The Labute approximate surface area is 209 Å². The van der Waals surface area contributed by atoms with Gasteiger partial charge in [0.1, 0.15) is 0 Å². The lowest BCUT2D eigenvalue weighted by Crippen LogP contribution is -2.09. The van der Waals surface area contributed by atoms with E-state index in [1.807, 2.05) is 30.3 Å². The van der Waals surface area contributed by atoms with E-state index in [1.165, 1.54) is 44.9 Å². The van der Waals surface area contributed by atoms with Crippen LogP contribution in [0, 0.1) is 5.92 Å². The van der Waals surface area contributed by atoms with Crippen molar-refractivity contribution in [3.8, 4) is 0 Å². The zero-order valence-electron chi connectivity index (χ0n) is 19.6. The normalized spacial score (nSPS) is 14.8. The molecule has 3 unspecified atom stereocenters. The van der Waals surface area contributed by atoms with Gasteiger partial charge in [-0.3, -0.25) is 4.21 Å². The minimum atomic E-state index is -1.83. The number of halogens is 1. The maximum Gasteiger partial charge on any atom is 0.153 e. The number of rotatable bonds is 19. The molecule has 0 aliphatic carbocycles. The fourth-order valence-electron chi connectivity index (χ4n) is 3.53. The van der Waals surface area contributed by atoms with Crippen molar-refractivity contribution in [3.05, 3.63) is 57.9 Å². The number of allylic oxidation sites excluding steroid dienone is 3. The maximum atomic E-state index is 12.3. The Morgan fingerprint density at radius 1 is 0.906 bits per heavy atom. The molecule has 3 atom stereocenters. The van der Waals surface area contributed by atoms with Gasteiger partial charge in [0.05, 0.1) is 11.5 Å². The number of benzene rings is 1. The molecule has 3 nitrogen and oxygen atoms in total. The van der Waals surface area contributed by atoms with Crippen LogP contribution < -0.4 is 0 Å². The van der Waals surface area contributed by atoms with Gasteiger partial charge in [0.15, 0.2) is 11.1 Å². The van der Waals surface area contributed by atoms with Gasteiger partial charge < -0.3 is 4.55 Å². The van der Waals surface area contributed by atoms with Crippen molar-refractivity contribution in [2.24, 2.45) is 5.92 Å². The van der Waals surface area contributed by atoms with Crippen molar-refractivity contribution in [2.75, 3.05) is 5.75 Å². The van der Waals surface area contributed by atoms with Crippen LogP contribution in [0.15, 0.2) is 52.4 Å². The van der Waals surface area contributed by atoms with Crippen LogP contribution in [-0.4, -0.2) is 18.7 Å². The summed E-state index contributed by atoms with van der Waals surface area (Å²) in [6.07, 6.45) is 21.0. The Morgan fingerprint density at radius 2 is 1.50 bits per heavy atom. The van der Waals surface area contributed by atoms with Crippen molar-refractivity contribution in [1.29, 1.82) is 0 Å². The molecule has 0 bridgehead atoms. The molecule has 0 saturated carbocycles. The highest BCUT2D eigenvalue weighted by Gasteiger charge is 2.09. The summed E-state index contributed by atoms with van der Waals surface area (Å²) >= 11 is 1.57. The molecule has 0 aliphatic heterocycles. The van der Waals surface area contributed by atoms with Gasteiger partial charge >= 0.3 is 0 Å². The third-order valence-electron chi connectivity index (χ3n) is 5.42. The number of unbranched alkanes of at least 4 members (excludes halogenated alkanes) is 9. The summed E-state index contributed by atoms with van der Waals surface area (Å²) < 4.78 is 33.9. The lowest BCUT2D eigenvalue weighted by atomic mass is 10.0. The maximum absolute atomic E-state index is 12.3. The van der Waals surface area contributed by atoms with Crippen LogP contribution in [0.4, 0.5) is 0 Å². The van der Waals surface area contributed by atoms with E-state index in [1.54, 1.807) is 5.41 Å². The van der Waals surface area contributed by atoms with Crippen molar-refractivity contribution in [3.63, 3.8) is 0 Å². The van der Waals surface area contributed by atoms with Crippen LogP contribution in [0.1, 0.15) is 89.5 Å². The first-order valence-electron chi connectivity index (χ1n) is 12.0. The first kappa shape index (κ1) is 29.5. The quantitative estimate of drug-likeness (QED) is 0.108. The highest BCUT2D eigenvalue weighted by atomic mass is 79.9. The summed E-state index contributed by atoms with van der Waals surface area (Å²) in [5.74, 6) is 0.673. The molecule has 0 amide bonds. The molecule has 1 rings (SSSR count). The van der Waals surface area contributed by atoms with Gasteiger partial charge in [-0.1, -0.05) is 98.2 Å². The zero-order valence-corrected chi connectivity index (χ0v) is 22.8. The second-order valence-electron chi connectivity index (χ2n) is 8.39. The van der Waals surface area contributed by atoms with E-state index in [-0.39, 0.29) is 11.7 Å². The molecular formula is C26H41BrO3S2. The lowest BCUT2D eigenvalue weighted by Gasteiger charge is -2.10. The summed E-state index contributed by atoms with van der Waals surface area (Å²) in [6, 6.07) is 7.80. The Kier molecular flexibility index (Phi) is 18.3.